The van der Waals surface area contributed by atoms with Crippen molar-refractivity contribution in [2.24, 2.45) is 0 Å². The van der Waals surface area contributed by atoms with Crippen molar-refractivity contribution >= 4 is 23.1 Å². The summed E-state index contributed by atoms with van der Waals surface area (Å²) in [5.74, 6) is 1.01. The number of anilines is 2. The van der Waals surface area contributed by atoms with E-state index in [2.05, 4.69) is 15.3 Å². The Morgan fingerprint density at radius 2 is 2.16 bits per heavy atom. The van der Waals surface area contributed by atoms with Crippen LogP contribution in [0.3, 0.4) is 0 Å². The number of halogens is 2. The van der Waals surface area contributed by atoms with Crippen LogP contribution in [0, 0.1) is 5.82 Å². The second kappa shape index (κ2) is 4.66. The molecule has 0 saturated heterocycles. The van der Waals surface area contributed by atoms with Crippen molar-refractivity contribution in [3.05, 3.63) is 51.3 Å². The minimum atomic E-state index is -0.482. The molecule has 1 saturated carbocycles. The number of aromatic amines is 1. The molecule has 98 valence electrons. The van der Waals surface area contributed by atoms with Gasteiger partial charge in [0.2, 0.25) is 0 Å². The Kier molecular flexibility index (Phi) is 2.98. The van der Waals surface area contributed by atoms with Gasteiger partial charge in [-0.05, 0) is 31.0 Å². The van der Waals surface area contributed by atoms with Crippen LogP contribution in [0.4, 0.5) is 15.9 Å². The van der Waals surface area contributed by atoms with Crippen LogP contribution in [0.1, 0.15) is 24.6 Å². The summed E-state index contributed by atoms with van der Waals surface area (Å²) in [6.07, 6.45) is 2.10. The molecule has 6 heteroatoms. The Labute approximate surface area is 113 Å². The fraction of sp³-hybridized carbons (Fsp3) is 0.231. The van der Waals surface area contributed by atoms with Gasteiger partial charge in [-0.15, -0.1) is 0 Å². The molecule has 1 aromatic heterocycles. The highest BCUT2D eigenvalue weighted by Crippen LogP contribution is 2.37. The summed E-state index contributed by atoms with van der Waals surface area (Å²) in [6.45, 7) is 0. The second-order valence-electron chi connectivity index (χ2n) is 4.54. The summed E-state index contributed by atoms with van der Waals surface area (Å²) < 4.78 is 13.0. The number of rotatable bonds is 3. The van der Waals surface area contributed by atoms with Crippen molar-refractivity contribution in [1.29, 1.82) is 0 Å². The highest BCUT2D eigenvalue weighted by atomic mass is 35.5. The standard InChI is InChI=1S/C13H11ClFN3O/c14-9-5-8(3-4-10(9)15)16-11-6-12(19)18-13(17-11)7-1-2-7/h3-7H,1-2H2,(H2,16,17,18,19). The van der Waals surface area contributed by atoms with Crippen molar-refractivity contribution in [2.75, 3.05) is 5.32 Å². The highest BCUT2D eigenvalue weighted by Gasteiger charge is 2.26. The molecule has 1 heterocycles. The molecule has 0 unspecified atom stereocenters. The SMILES string of the molecule is O=c1cc(Nc2ccc(F)c(Cl)c2)nc(C2CC2)[nH]1. The maximum Gasteiger partial charge on any atom is 0.252 e. The summed E-state index contributed by atoms with van der Waals surface area (Å²) in [5, 5.41) is 2.98. The molecule has 1 fully saturated rings. The van der Waals surface area contributed by atoms with E-state index in [1.165, 1.54) is 18.2 Å². The Bertz CT molecular complexity index is 682. The number of nitrogens with zero attached hydrogens (tertiary/aromatic N) is 1. The number of hydrogen-bond donors (Lipinski definition) is 2. The number of H-pyrrole nitrogens is 1. The Hall–Kier alpha value is -1.88. The first-order valence-corrected chi connectivity index (χ1v) is 6.33. The van der Waals surface area contributed by atoms with Crippen LogP contribution in [0.25, 0.3) is 0 Å². The third kappa shape index (κ3) is 2.76. The van der Waals surface area contributed by atoms with Crippen molar-refractivity contribution in [3.8, 4) is 0 Å². The predicted molar refractivity (Wildman–Crippen MR) is 71.5 cm³/mol. The maximum absolute atomic E-state index is 13.0. The minimum absolute atomic E-state index is 0.0252. The highest BCUT2D eigenvalue weighted by molar-refractivity contribution is 6.31. The summed E-state index contributed by atoms with van der Waals surface area (Å²) in [6, 6.07) is 5.63. The van der Waals surface area contributed by atoms with Gasteiger partial charge in [0, 0.05) is 17.7 Å². The minimum Gasteiger partial charge on any atom is -0.340 e. The van der Waals surface area contributed by atoms with Crippen molar-refractivity contribution in [1.82, 2.24) is 9.97 Å². The fourth-order valence-electron chi connectivity index (χ4n) is 1.81. The Balaban J connectivity index is 1.89. The van der Waals surface area contributed by atoms with Gasteiger partial charge in [-0.25, -0.2) is 9.37 Å². The van der Waals surface area contributed by atoms with E-state index >= 15 is 0 Å². The van der Waals surface area contributed by atoms with Gasteiger partial charge >= 0.3 is 0 Å². The van der Waals surface area contributed by atoms with E-state index in [1.807, 2.05) is 0 Å². The number of aromatic nitrogens is 2. The van der Waals surface area contributed by atoms with Gasteiger partial charge in [-0.3, -0.25) is 4.79 Å². The van der Waals surface area contributed by atoms with E-state index in [-0.39, 0.29) is 10.6 Å². The molecule has 3 rings (SSSR count). The summed E-state index contributed by atoms with van der Waals surface area (Å²) >= 11 is 5.70. The van der Waals surface area contributed by atoms with E-state index in [4.69, 9.17) is 11.6 Å². The summed E-state index contributed by atoms with van der Waals surface area (Å²) in [4.78, 5) is 18.6. The monoisotopic (exact) mass is 279 g/mol. The van der Waals surface area contributed by atoms with E-state index in [9.17, 15) is 9.18 Å². The van der Waals surface area contributed by atoms with Crippen LogP contribution < -0.4 is 10.9 Å². The van der Waals surface area contributed by atoms with E-state index in [0.29, 0.717) is 23.2 Å². The second-order valence-corrected chi connectivity index (χ2v) is 4.95. The van der Waals surface area contributed by atoms with Gasteiger partial charge in [0.25, 0.3) is 5.56 Å². The van der Waals surface area contributed by atoms with Gasteiger partial charge < -0.3 is 10.3 Å². The Morgan fingerprint density at radius 3 is 2.84 bits per heavy atom. The molecule has 1 aliphatic carbocycles. The third-order valence-electron chi connectivity index (χ3n) is 2.92. The molecular weight excluding hydrogens is 269 g/mol. The molecule has 0 radical (unpaired) electrons. The predicted octanol–water partition coefficient (Wildman–Crippen LogP) is 3.18. The molecule has 1 aromatic carbocycles. The Morgan fingerprint density at radius 1 is 1.37 bits per heavy atom. The van der Waals surface area contributed by atoms with Gasteiger partial charge in [-0.1, -0.05) is 11.6 Å². The molecule has 0 atom stereocenters. The zero-order valence-corrected chi connectivity index (χ0v) is 10.7. The van der Waals surface area contributed by atoms with Crippen LogP contribution in [-0.4, -0.2) is 9.97 Å². The molecule has 0 bridgehead atoms. The summed E-state index contributed by atoms with van der Waals surface area (Å²) in [5.41, 5.74) is 0.388. The smallest absolute Gasteiger partial charge is 0.252 e. The maximum atomic E-state index is 13.0. The molecular formula is C13H11ClFN3O. The van der Waals surface area contributed by atoms with Crippen molar-refractivity contribution in [2.45, 2.75) is 18.8 Å². The van der Waals surface area contributed by atoms with Crippen LogP contribution >= 0.6 is 11.6 Å². The lowest BCUT2D eigenvalue weighted by Gasteiger charge is -2.07. The first-order valence-electron chi connectivity index (χ1n) is 5.95. The first kappa shape index (κ1) is 12.2. The largest absolute Gasteiger partial charge is 0.340 e. The molecule has 1 aliphatic rings. The van der Waals surface area contributed by atoms with Gasteiger partial charge in [0.1, 0.15) is 17.5 Å². The van der Waals surface area contributed by atoms with Gasteiger partial charge in [0.15, 0.2) is 0 Å². The van der Waals surface area contributed by atoms with Crippen molar-refractivity contribution < 1.29 is 4.39 Å². The topological polar surface area (TPSA) is 57.8 Å². The molecule has 2 aromatic rings. The number of benzene rings is 1. The molecule has 19 heavy (non-hydrogen) atoms. The average molecular weight is 280 g/mol. The van der Waals surface area contributed by atoms with Crippen LogP contribution in [0.2, 0.25) is 5.02 Å². The van der Waals surface area contributed by atoms with Crippen LogP contribution in [0.15, 0.2) is 29.1 Å². The molecule has 0 spiro atoms. The van der Waals surface area contributed by atoms with E-state index < -0.39 is 5.82 Å². The summed E-state index contributed by atoms with van der Waals surface area (Å²) in [7, 11) is 0. The third-order valence-corrected chi connectivity index (χ3v) is 3.21. The lowest BCUT2D eigenvalue weighted by Crippen LogP contribution is -2.11. The molecule has 2 N–H and O–H groups in total. The zero-order chi connectivity index (χ0) is 13.4. The average Bonchev–Trinajstić information content (AvgIpc) is 3.17. The lowest BCUT2D eigenvalue weighted by molar-refractivity contribution is 0.628. The quantitative estimate of drug-likeness (QED) is 0.907. The zero-order valence-electron chi connectivity index (χ0n) is 9.91. The molecule has 4 nitrogen and oxygen atoms in total. The van der Waals surface area contributed by atoms with E-state index in [0.717, 1.165) is 12.8 Å². The molecule has 0 amide bonds. The lowest BCUT2D eigenvalue weighted by atomic mass is 10.3. The normalized spacial score (nSPS) is 14.4. The van der Waals surface area contributed by atoms with Crippen molar-refractivity contribution in [3.63, 3.8) is 0 Å². The van der Waals surface area contributed by atoms with Gasteiger partial charge in [-0.2, -0.15) is 0 Å². The van der Waals surface area contributed by atoms with Gasteiger partial charge in [0.05, 0.1) is 5.02 Å². The first-order chi connectivity index (χ1) is 9.11. The molecule has 0 aliphatic heterocycles. The fourth-order valence-corrected chi connectivity index (χ4v) is 1.99. The van der Waals surface area contributed by atoms with Crippen LogP contribution in [0.5, 0.6) is 0 Å². The number of hydrogen-bond acceptors (Lipinski definition) is 3. The number of nitrogens with one attached hydrogen (secondary N) is 2. The van der Waals surface area contributed by atoms with Crippen LogP contribution in [-0.2, 0) is 0 Å². The van der Waals surface area contributed by atoms with E-state index in [1.54, 1.807) is 6.07 Å².